The van der Waals surface area contributed by atoms with Crippen LogP contribution in [0.1, 0.15) is 18.1 Å². The highest BCUT2D eigenvalue weighted by atomic mass is 16.4. The van der Waals surface area contributed by atoms with Gasteiger partial charge in [-0.2, -0.15) is 0 Å². The molecule has 0 fully saturated rings. The largest absolute Gasteiger partial charge is 0.508 e. The highest BCUT2D eigenvalue weighted by Crippen LogP contribution is 2.28. The Labute approximate surface area is 134 Å². The standard InChI is InChI=1S/C19H19NO3/c1-3-20(15-7-5-4-6-8-15)12-14-11-18(22)23-19-13(2)17(21)10-9-16(14)19/h4-11,21H,3,12H2,1-2H3. The van der Waals surface area contributed by atoms with Crippen molar-refractivity contribution in [2.45, 2.75) is 20.4 Å². The molecule has 1 N–H and O–H groups in total. The maximum atomic E-state index is 11.9. The van der Waals surface area contributed by atoms with Crippen molar-refractivity contribution in [1.29, 1.82) is 0 Å². The third-order valence-electron chi connectivity index (χ3n) is 4.08. The summed E-state index contributed by atoms with van der Waals surface area (Å²) in [6, 6.07) is 15.0. The second-order valence-corrected chi connectivity index (χ2v) is 5.53. The summed E-state index contributed by atoms with van der Waals surface area (Å²) in [5.41, 5.74) is 2.64. The van der Waals surface area contributed by atoms with E-state index in [1.807, 2.05) is 30.3 Å². The lowest BCUT2D eigenvalue weighted by Gasteiger charge is -2.23. The van der Waals surface area contributed by atoms with Gasteiger partial charge in [0.15, 0.2) is 0 Å². The lowest BCUT2D eigenvalue weighted by Crippen LogP contribution is -2.22. The van der Waals surface area contributed by atoms with E-state index in [4.69, 9.17) is 4.42 Å². The SMILES string of the molecule is CCN(Cc1cc(=O)oc2c(C)c(O)ccc12)c1ccccc1. The van der Waals surface area contributed by atoms with Crippen molar-refractivity contribution in [2.75, 3.05) is 11.4 Å². The highest BCUT2D eigenvalue weighted by Gasteiger charge is 2.13. The Morgan fingerprint density at radius 2 is 1.87 bits per heavy atom. The van der Waals surface area contributed by atoms with Gasteiger partial charge in [-0.1, -0.05) is 18.2 Å². The average Bonchev–Trinajstić information content (AvgIpc) is 2.57. The van der Waals surface area contributed by atoms with Crippen LogP contribution in [0.3, 0.4) is 0 Å². The van der Waals surface area contributed by atoms with Gasteiger partial charge in [-0.3, -0.25) is 0 Å². The fraction of sp³-hybridized carbons (Fsp3) is 0.211. The molecule has 3 aromatic rings. The number of phenolic OH excluding ortho intramolecular Hbond substituents is 1. The summed E-state index contributed by atoms with van der Waals surface area (Å²) in [7, 11) is 0. The van der Waals surface area contributed by atoms with Crippen LogP contribution in [0.15, 0.2) is 57.7 Å². The zero-order valence-electron chi connectivity index (χ0n) is 13.2. The molecule has 0 spiro atoms. The Balaban J connectivity index is 2.09. The Morgan fingerprint density at radius 3 is 2.57 bits per heavy atom. The maximum absolute atomic E-state index is 11.9. The van der Waals surface area contributed by atoms with Crippen LogP contribution in [-0.4, -0.2) is 11.7 Å². The lowest BCUT2D eigenvalue weighted by molar-refractivity contribution is 0.468. The van der Waals surface area contributed by atoms with Crippen molar-refractivity contribution in [1.82, 2.24) is 0 Å². The molecule has 0 aliphatic rings. The van der Waals surface area contributed by atoms with E-state index >= 15 is 0 Å². The Hall–Kier alpha value is -2.75. The normalized spacial score (nSPS) is 10.9. The highest BCUT2D eigenvalue weighted by molar-refractivity contribution is 5.85. The zero-order chi connectivity index (χ0) is 16.4. The van der Waals surface area contributed by atoms with Gasteiger partial charge in [0.1, 0.15) is 11.3 Å². The van der Waals surface area contributed by atoms with E-state index in [1.165, 1.54) is 6.07 Å². The first-order chi connectivity index (χ1) is 11.1. The molecule has 4 heteroatoms. The first-order valence-electron chi connectivity index (χ1n) is 7.65. The molecule has 118 valence electrons. The minimum absolute atomic E-state index is 0.133. The molecule has 0 bridgehead atoms. The van der Waals surface area contributed by atoms with Gasteiger partial charge in [0, 0.05) is 35.8 Å². The number of benzene rings is 2. The van der Waals surface area contributed by atoms with Crippen molar-refractivity contribution in [3.8, 4) is 5.75 Å². The number of phenols is 1. The molecule has 0 saturated carbocycles. The van der Waals surface area contributed by atoms with Crippen LogP contribution in [-0.2, 0) is 6.54 Å². The zero-order valence-corrected chi connectivity index (χ0v) is 13.2. The predicted octanol–water partition coefficient (Wildman–Crippen LogP) is 3.83. The van der Waals surface area contributed by atoms with Gasteiger partial charge in [-0.15, -0.1) is 0 Å². The number of aromatic hydroxyl groups is 1. The quantitative estimate of drug-likeness (QED) is 0.744. The summed E-state index contributed by atoms with van der Waals surface area (Å²) in [6.07, 6.45) is 0. The minimum Gasteiger partial charge on any atom is -0.508 e. The average molecular weight is 309 g/mol. The molecule has 0 atom stereocenters. The summed E-state index contributed by atoms with van der Waals surface area (Å²) < 4.78 is 5.30. The summed E-state index contributed by atoms with van der Waals surface area (Å²) >= 11 is 0. The van der Waals surface area contributed by atoms with Crippen molar-refractivity contribution in [2.24, 2.45) is 0 Å². The number of anilines is 1. The van der Waals surface area contributed by atoms with Crippen molar-refractivity contribution >= 4 is 16.7 Å². The number of hydrogen-bond donors (Lipinski definition) is 1. The lowest BCUT2D eigenvalue weighted by atomic mass is 10.1. The van der Waals surface area contributed by atoms with Gasteiger partial charge in [-0.05, 0) is 43.7 Å². The Morgan fingerprint density at radius 1 is 1.13 bits per heavy atom. The molecule has 4 nitrogen and oxygen atoms in total. The molecule has 0 aliphatic carbocycles. The summed E-state index contributed by atoms with van der Waals surface area (Å²) in [4.78, 5) is 14.1. The van der Waals surface area contributed by atoms with Crippen LogP contribution in [0.25, 0.3) is 11.0 Å². The summed E-state index contributed by atoms with van der Waals surface area (Å²) in [5, 5.41) is 10.7. The molecule has 0 amide bonds. The number of rotatable bonds is 4. The third-order valence-corrected chi connectivity index (χ3v) is 4.08. The van der Waals surface area contributed by atoms with E-state index < -0.39 is 5.63 Å². The molecule has 2 aromatic carbocycles. The predicted molar refractivity (Wildman–Crippen MR) is 92.1 cm³/mol. The second-order valence-electron chi connectivity index (χ2n) is 5.53. The Bertz CT molecular complexity index is 884. The fourth-order valence-electron chi connectivity index (χ4n) is 2.78. The van der Waals surface area contributed by atoms with Gasteiger partial charge >= 0.3 is 5.63 Å². The van der Waals surface area contributed by atoms with Crippen LogP contribution >= 0.6 is 0 Å². The van der Waals surface area contributed by atoms with Crippen LogP contribution in [0.5, 0.6) is 5.75 Å². The number of fused-ring (bicyclic) bond motifs is 1. The number of para-hydroxylation sites is 1. The van der Waals surface area contributed by atoms with E-state index in [2.05, 4.69) is 11.8 Å². The molecule has 0 saturated heterocycles. The smallest absolute Gasteiger partial charge is 0.336 e. The van der Waals surface area contributed by atoms with Crippen LogP contribution in [0, 0.1) is 6.92 Å². The van der Waals surface area contributed by atoms with E-state index in [1.54, 1.807) is 19.1 Å². The minimum atomic E-state index is -0.398. The molecular formula is C19H19NO3. The van der Waals surface area contributed by atoms with E-state index in [0.29, 0.717) is 17.7 Å². The number of aryl methyl sites for hydroxylation is 1. The summed E-state index contributed by atoms with van der Waals surface area (Å²) in [5.74, 6) is 0.133. The van der Waals surface area contributed by atoms with E-state index in [9.17, 15) is 9.90 Å². The van der Waals surface area contributed by atoms with E-state index in [-0.39, 0.29) is 5.75 Å². The van der Waals surface area contributed by atoms with Crippen molar-refractivity contribution < 1.29 is 9.52 Å². The first-order valence-corrected chi connectivity index (χ1v) is 7.65. The Kier molecular flexibility index (Phi) is 4.06. The number of hydrogen-bond acceptors (Lipinski definition) is 4. The van der Waals surface area contributed by atoms with Crippen LogP contribution in [0.4, 0.5) is 5.69 Å². The third kappa shape index (κ3) is 2.93. The monoisotopic (exact) mass is 309 g/mol. The van der Waals surface area contributed by atoms with Gasteiger partial charge < -0.3 is 14.4 Å². The second kappa shape index (κ2) is 6.16. The van der Waals surface area contributed by atoms with Crippen LogP contribution < -0.4 is 10.5 Å². The van der Waals surface area contributed by atoms with Gasteiger partial charge in [0.05, 0.1) is 0 Å². The molecular weight excluding hydrogens is 290 g/mol. The first kappa shape index (κ1) is 15.2. The molecule has 0 radical (unpaired) electrons. The molecule has 1 heterocycles. The van der Waals surface area contributed by atoms with Crippen LogP contribution in [0.2, 0.25) is 0 Å². The molecule has 3 rings (SSSR count). The van der Waals surface area contributed by atoms with Crippen molar-refractivity contribution in [3.63, 3.8) is 0 Å². The summed E-state index contributed by atoms with van der Waals surface area (Å²) in [6.45, 7) is 5.26. The fourth-order valence-corrected chi connectivity index (χ4v) is 2.78. The van der Waals surface area contributed by atoms with Gasteiger partial charge in [0.25, 0.3) is 0 Å². The molecule has 1 aromatic heterocycles. The van der Waals surface area contributed by atoms with Gasteiger partial charge in [0.2, 0.25) is 0 Å². The van der Waals surface area contributed by atoms with Crippen molar-refractivity contribution in [3.05, 3.63) is 70.1 Å². The number of nitrogens with zero attached hydrogens (tertiary/aromatic N) is 1. The molecule has 23 heavy (non-hydrogen) atoms. The van der Waals surface area contributed by atoms with Gasteiger partial charge in [-0.25, -0.2) is 4.79 Å². The topological polar surface area (TPSA) is 53.7 Å². The van der Waals surface area contributed by atoms with E-state index in [0.717, 1.165) is 23.2 Å². The molecule has 0 aliphatic heterocycles. The maximum Gasteiger partial charge on any atom is 0.336 e. The molecule has 0 unspecified atom stereocenters.